The van der Waals surface area contributed by atoms with E-state index in [9.17, 15) is 12.8 Å². The molecule has 1 N–H and O–H groups in total. The zero-order valence-electron chi connectivity index (χ0n) is 11.5. The second-order valence-corrected chi connectivity index (χ2v) is 7.06. The summed E-state index contributed by atoms with van der Waals surface area (Å²) >= 11 is 0. The Morgan fingerprint density at radius 3 is 3.05 bits per heavy atom. The lowest BCUT2D eigenvalue weighted by atomic mass is 10.1. The van der Waals surface area contributed by atoms with Crippen molar-refractivity contribution in [2.24, 2.45) is 0 Å². The molecule has 8 heteroatoms. The Kier molecular flexibility index (Phi) is 3.58. The van der Waals surface area contributed by atoms with Crippen molar-refractivity contribution in [3.63, 3.8) is 0 Å². The fraction of sp³-hybridized carbons (Fsp3) is 0.462. The standard InChI is InChI=1S/C13H16FN3O3S/c1-21(18,19)16-10-3-2-6-17(8-10)13-15-11-7-9(14)4-5-12(11)20-13/h4-5,7,10,16H,2-3,6,8H2,1H3. The number of nitrogens with zero attached hydrogens (tertiary/aromatic N) is 2. The molecule has 3 rings (SSSR count). The molecule has 1 aliphatic rings. The van der Waals surface area contributed by atoms with E-state index < -0.39 is 10.0 Å². The summed E-state index contributed by atoms with van der Waals surface area (Å²) in [5.41, 5.74) is 0.979. The highest BCUT2D eigenvalue weighted by molar-refractivity contribution is 7.88. The zero-order valence-corrected chi connectivity index (χ0v) is 12.4. The number of oxazole rings is 1. The van der Waals surface area contributed by atoms with Crippen molar-refractivity contribution in [1.82, 2.24) is 9.71 Å². The van der Waals surface area contributed by atoms with Gasteiger partial charge in [-0.2, -0.15) is 4.98 Å². The molecule has 0 radical (unpaired) electrons. The Morgan fingerprint density at radius 1 is 1.48 bits per heavy atom. The Hall–Kier alpha value is -1.67. The summed E-state index contributed by atoms with van der Waals surface area (Å²) in [4.78, 5) is 6.15. The summed E-state index contributed by atoms with van der Waals surface area (Å²) in [6, 6.07) is 4.41. The van der Waals surface area contributed by atoms with Crippen molar-refractivity contribution < 1.29 is 17.2 Å². The lowest BCUT2D eigenvalue weighted by Crippen LogP contribution is -2.47. The maximum absolute atomic E-state index is 13.2. The van der Waals surface area contributed by atoms with Gasteiger partial charge in [0.1, 0.15) is 11.3 Å². The second kappa shape index (κ2) is 5.27. The summed E-state index contributed by atoms with van der Waals surface area (Å²) in [6.07, 6.45) is 2.76. The molecule has 1 unspecified atom stereocenters. The van der Waals surface area contributed by atoms with E-state index in [0.717, 1.165) is 25.6 Å². The van der Waals surface area contributed by atoms with Gasteiger partial charge in [-0.3, -0.25) is 0 Å². The number of benzene rings is 1. The lowest BCUT2D eigenvalue weighted by Gasteiger charge is -2.31. The predicted molar refractivity (Wildman–Crippen MR) is 77.2 cm³/mol. The van der Waals surface area contributed by atoms with Gasteiger partial charge in [0.25, 0.3) is 6.01 Å². The lowest BCUT2D eigenvalue weighted by molar-refractivity contribution is 0.441. The third-order valence-corrected chi connectivity index (χ3v) is 4.17. The molecule has 0 bridgehead atoms. The smallest absolute Gasteiger partial charge is 0.298 e. The van der Waals surface area contributed by atoms with Crippen LogP contribution in [0.2, 0.25) is 0 Å². The molecule has 1 atom stereocenters. The van der Waals surface area contributed by atoms with E-state index in [0.29, 0.717) is 23.7 Å². The minimum atomic E-state index is -3.24. The molecule has 0 spiro atoms. The van der Waals surface area contributed by atoms with Gasteiger partial charge >= 0.3 is 0 Å². The molecule has 0 aliphatic carbocycles. The number of nitrogens with one attached hydrogen (secondary N) is 1. The van der Waals surface area contributed by atoms with Gasteiger partial charge in [0.15, 0.2) is 5.58 Å². The fourth-order valence-electron chi connectivity index (χ4n) is 2.57. The van der Waals surface area contributed by atoms with E-state index in [1.165, 1.54) is 18.2 Å². The van der Waals surface area contributed by atoms with Crippen LogP contribution < -0.4 is 9.62 Å². The van der Waals surface area contributed by atoms with Crippen molar-refractivity contribution in [3.8, 4) is 0 Å². The van der Waals surface area contributed by atoms with Crippen molar-refractivity contribution >= 4 is 27.1 Å². The molecular weight excluding hydrogens is 297 g/mol. The monoisotopic (exact) mass is 313 g/mol. The second-order valence-electron chi connectivity index (χ2n) is 5.28. The van der Waals surface area contributed by atoms with Crippen LogP contribution in [0.1, 0.15) is 12.8 Å². The minimum absolute atomic E-state index is 0.166. The maximum atomic E-state index is 13.2. The van der Waals surface area contributed by atoms with Crippen molar-refractivity contribution in [3.05, 3.63) is 24.0 Å². The first-order chi connectivity index (χ1) is 9.90. The molecule has 6 nitrogen and oxygen atoms in total. The first-order valence-corrected chi connectivity index (χ1v) is 8.58. The minimum Gasteiger partial charge on any atom is -0.423 e. The van der Waals surface area contributed by atoms with E-state index in [2.05, 4.69) is 9.71 Å². The summed E-state index contributed by atoms with van der Waals surface area (Å²) in [5, 5.41) is 0. The third kappa shape index (κ3) is 3.33. The van der Waals surface area contributed by atoms with Crippen LogP contribution in [0.15, 0.2) is 22.6 Å². The number of halogens is 1. The van der Waals surface area contributed by atoms with Crippen molar-refractivity contribution in [2.75, 3.05) is 24.2 Å². The molecule has 1 aliphatic heterocycles. The fourth-order valence-corrected chi connectivity index (χ4v) is 3.37. The normalized spacial score (nSPS) is 20.1. The third-order valence-electron chi connectivity index (χ3n) is 3.41. The molecule has 1 fully saturated rings. The number of sulfonamides is 1. The first-order valence-electron chi connectivity index (χ1n) is 6.69. The number of hydrogen-bond acceptors (Lipinski definition) is 5. The van der Waals surface area contributed by atoms with Crippen molar-refractivity contribution in [1.29, 1.82) is 0 Å². The molecule has 1 aromatic heterocycles. The van der Waals surface area contributed by atoms with Gasteiger partial charge in [-0.1, -0.05) is 0 Å². The quantitative estimate of drug-likeness (QED) is 0.929. The topological polar surface area (TPSA) is 75.4 Å². The summed E-state index contributed by atoms with van der Waals surface area (Å²) < 4.78 is 44.0. The van der Waals surface area contributed by atoms with Crippen LogP contribution in [0.5, 0.6) is 0 Å². The molecule has 0 amide bonds. The molecule has 1 saturated heterocycles. The molecule has 2 aromatic rings. The van der Waals surface area contributed by atoms with Crippen LogP contribution in [0.25, 0.3) is 11.1 Å². The van der Waals surface area contributed by atoms with Gasteiger partial charge in [-0.25, -0.2) is 17.5 Å². The molecule has 21 heavy (non-hydrogen) atoms. The van der Waals surface area contributed by atoms with Crippen LogP contribution in [0.4, 0.5) is 10.4 Å². The van der Waals surface area contributed by atoms with Gasteiger partial charge in [0.05, 0.1) is 6.26 Å². The Bertz CT molecular complexity index is 759. The van der Waals surface area contributed by atoms with E-state index in [4.69, 9.17) is 4.42 Å². The number of anilines is 1. The van der Waals surface area contributed by atoms with Crippen LogP contribution in [0.3, 0.4) is 0 Å². The van der Waals surface area contributed by atoms with Crippen molar-refractivity contribution in [2.45, 2.75) is 18.9 Å². The van der Waals surface area contributed by atoms with Crippen LogP contribution >= 0.6 is 0 Å². The Morgan fingerprint density at radius 2 is 2.29 bits per heavy atom. The van der Waals surface area contributed by atoms with Crippen LogP contribution in [0, 0.1) is 5.82 Å². The molecule has 0 saturated carbocycles. The highest BCUT2D eigenvalue weighted by Crippen LogP contribution is 2.25. The van der Waals surface area contributed by atoms with E-state index >= 15 is 0 Å². The van der Waals surface area contributed by atoms with Gasteiger partial charge in [-0.15, -0.1) is 0 Å². The average Bonchev–Trinajstić information content (AvgIpc) is 2.80. The molecule has 1 aromatic carbocycles. The molecule has 2 heterocycles. The summed E-state index contributed by atoms with van der Waals surface area (Å²) in [7, 11) is -3.24. The van der Waals surface area contributed by atoms with Crippen LogP contribution in [-0.4, -0.2) is 38.8 Å². The van der Waals surface area contributed by atoms with E-state index in [1.807, 2.05) is 4.90 Å². The number of aromatic nitrogens is 1. The van der Waals surface area contributed by atoms with Gasteiger partial charge in [0.2, 0.25) is 10.0 Å². The zero-order chi connectivity index (χ0) is 15.0. The first kappa shape index (κ1) is 14.3. The van der Waals surface area contributed by atoms with Gasteiger partial charge < -0.3 is 9.32 Å². The number of hydrogen-bond donors (Lipinski definition) is 1. The molecule has 114 valence electrons. The van der Waals surface area contributed by atoms with Crippen LogP contribution in [-0.2, 0) is 10.0 Å². The van der Waals surface area contributed by atoms with Gasteiger partial charge in [0, 0.05) is 25.2 Å². The number of piperidine rings is 1. The van der Waals surface area contributed by atoms with E-state index in [1.54, 1.807) is 0 Å². The predicted octanol–water partition coefficient (Wildman–Crippen LogP) is 1.48. The average molecular weight is 313 g/mol. The highest BCUT2D eigenvalue weighted by Gasteiger charge is 2.25. The maximum Gasteiger partial charge on any atom is 0.298 e. The Labute approximate surface area is 122 Å². The van der Waals surface area contributed by atoms with Gasteiger partial charge in [-0.05, 0) is 25.0 Å². The van der Waals surface area contributed by atoms with E-state index in [-0.39, 0.29) is 11.9 Å². The molecular formula is C13H16FN3O3S. The Balaban J connectivity index is 1.81. The number of rotatable bonds is 3. The number of fused-ring (bicyclic) bond motifs is 1. The summed E-state index contributed by atoms with van der Waals surface area (Å²) in [6.45, 7) is 1.22. The summed E-state index contributed by atoms with van der Waals surface area (Å²) in [5.74, 6) is -0.363. The highest BCUT2D eigenvalue weighted by atomic mass is 32.2. The largest absolute Gasteiger partial charge is 0.423 e. The SMILES string of the molecule is CS(=O)(=O)NC1CCCN(c2nc3cc(F)ccc3o2)C1.